The molecule has 2 N–H and O–H groups in total. The van der Waals surface area contributed by atoms with E-state index >= 15 is 0 Å². The highest BCUT2D eigenvalue weighted by atomic mass is 16.5. The highest BCUT2D eigenvalue weighted by Gasteiger charge is 2.30. The van der Waals surface area contributed by atoms with Crippen molar-refractivity contribution >= 4 is 28.4 Å². The van der Waals surface area contributed by atoms with Crippen molar-refractivity contribution in [3.63, 3.8) is 0 Å². The third kappa shape index (κ3) is 5.00. The second-order valence-electron chi connectivity index (χ2n) is 9.46. The molecule has 0 bridgehead atoms. The van der Waals surface area contributed by atoms with Crippen LogP contribution in [-0.2, 0) is 4.79 Å². The first-order chi connectivity index (χ1) is 17.9. The summed E-state index contributed by atoms with van der Waals surface area (Å²) in [6.45, 7) is 6.76. The van der Waals surface area contributed by atoms with Gasteiger partial charge in [-0.1, -0.05) is 12.5 Å². The number of hydrogen-bond donors (Lipinski definition) is 1. The summed E-state index contributed by atoms with van der Waals surface area (Å²) in [5.74, 6) is 8.21. The largest absolute Gasteiger partial charge is 0.497 e. The van der Waals surface area contributed by atoms with Crippen LogP contribution in [0.2, 0.25) is 0 Å². The smallest absolute Gasteiger partial charge is 0.246 e. The van der Waals surface area contributed by atoms with Crippen molar-refractivity contribution in [3.8, 4) is 23.3 Å². The lowest BCUT2D eigenvalue weighted by Crippen LogP contribution is -2.27. The third-order valence-electron chi connectivity index (χ3n) is 6.75. The molecule has 2 aliphatic rings. The number of aromatic nitrogens is 3. The Bertz CT molecular complexity index is 1460. The number of benzene rings is 1. The molecule has 190 valence electrons. The summed E-state index contributed by atoms with van der Waals surface area (Å²) in [6, 6.07) is 5.40. The predicted octanol–water partition coefficient (Wildman–Crippen LogP) is 3.37. The zero-order valence-corrected chi connectivity index (χ0v) is 21.0. The number of fused-ring (bicyclic) bond motifs is 1. The van der Waals surface area contributed by atoms with E-state index < -0.39 is 0 Å². The first-order valence-electron chi connectivity index (χ1n) is 12.3. The Morgan fingerprint density at radius 2 is 2.00 bits per heavy atom. The maximum atomic E-state index is 12.5. The van der Waals surface area contributed by atoms with Gasteiger partial charge >= 0.3 is 0 Å². The molecule has 0 radical (unpaired) electrons. The minimum Gasteiger partial charge on any atom is -0.497 e. The zero-order chi connectivity index (χ0) is 26.1. The average molecular weight is 500 g/mol. The highest BCUT2D eigenvalue weighted by molar-refractivity contribution is 6.09. The molecule has 1 aliphatic carbocycles. The van der Waals surface area contributed by atoms with Crippen LogP contribution < -0.4 is 15.2 Å². The maximum absolute atomic E-state index is 12.5. The van der Waals surface area contributed by atoms with E-state index in [4.69, 9.17) is 20.3 Å². The van der Waals surface area contributed by atoms with E-state index in [2.05, 4.69) is 23.4 Å². The quantitative estimate of drug-likeness (QED) is 0.301. The number of carbonyl (C=O) groups excluding carboxylic acids is 2. The third-order valence-corrected chi connectivity index (χ3v) is 6.75. The average Bonchev–Trinajstić information content (AvgIpc) is 3.46. The fourth-order valence-corrected chi connectivity index (χ4v) is 4.55. The molecule has 3 heterocycles. The van der Waals surface area contributed by atoms with E-state index in [1.54, 1.807) is 16.7 Å². The van der Waals surface area contributed by atoms with Crippen LogP contribution in [0, 0.1) is 17.8 Å². The highest BCUT2D eigenvalue weighted by Crippen LogP contribution is 2.33. The summed E-state index contributed by atoms with van der Waals surface area (Å²) in [4.78, 5) is 30.6. The lowest BCUT2D eigenvalue weighted by Gasteiger charge is -2.16. The van der Waals surface area contributed by atoms with Gasteiger partial charge in [-0.15, -0.1) is 0 Å². The molecule has 1 amide bonds. The van der Waals surface area contributed by atoms with Crippen LogP contribution in [-0.4, -0.2) is 58.2 Å². The van der Waals surface area contributed by atoms with Crippen molar-refractivity contribution < 1.29 is 19.1 Å². The lowest BCUT2D eigenvalue weighted by atomic mass is 10.1. The van der Waals surface area contributed by atoms with Crippen LogP contribution in [0.3, 0.4) is 0 Å². The molecule has 2 fully saturated rings. The van der Waals surface area contributed by atoms with Gasteiger partial charge in [0, 0.05) is 30.9 Å². The van der Waals surface area contributed by atoms with Crippen LogP contribution in [0.5, 0.6) is 11.5 Å². The van der Waals surface area contributed by atoms with Crippen LogP contribution >= 0.6 is 0 Å². The number of nitrogens with two attached hydrogens (primary N) is 1. The molecule has 3 aromatic rings. The normalized spacial score (nSPS) is 16.8. The van der Waals surface area contributed by atoms with Gasteiger partial charge in [-0.2, -0.15) is 5.10 Å². The van der Waals surface area contributed by atoms with Crippen LogP contribution in [0.1, 0.15) is 53.8 Å². The van der Waals surface area contributed by atoms with Gasteiger partial charge in [0.25, 0.3) is 0 Å². The summed E-state index contributed by atoms with van der Waals surface area (Å²) >= 11 is 0. The molecule has 1 atom stereocenters. The fraction of sp³-hybridized carbons (Fsp3) is 0.357. The number of hydrogen-bond acceptors (Lipinski definition) is 7. The minimum atomic E-state index is -0.152. The Hall–Kier alpha value is -4.32. The van der Waals surface area contributed by atoms with E-state index in [-0.39, 0.29) is 23.6 Å². The monoisotopic (exact) mass is 499 g/mol. The lowest BCUT2D eigenvalue weighted by molar-refractivity contribution is -0.125. The Balaban J connectivity index is 1.57. The standard InChI is InChI=1S/C28H29N5O4/c1-4-25(35)32-10-9-20(15-32)33-27-23(17(2)34)14-30-28(29)26(27)24(31-33)8-7-19-11-21(36-3)13-22(12-19)37-16-18-5-6-18/h4,11-14,18,20H,1,5-6,9-10,15-16H2,2-3H3,(H2,29,30). The topological polar surface area (TPSA) is 113 Å². The van der Waals surface area contributed by atoms with Gasteiger partial charge in [-0.3, -0.25) is 14.3 Å². The van der Waals surface area contributed by atoms with E-state index in [0.717, 1.165) is 0 Å². The number of amides is 1. The van der Waals surface area contributed by atoms with Crippen LogP contribution in [0.15, 0.2) is 37.1 Å². The van der Waals surface area contributed by atoms with Crippen LogP contribution in [0.4, 0.5) is 5.82 Å². The van der Waals surface area contributed by atoms with E-state index in [0.29, 0.717) is 71.3 Å². The molecule has 37 heavy (non-hydrogen) atoms. The summed E-state index contributed by atoms with van der Waals surface area (Å²) in [6.07, 6.45) is 5.86. The molecular formula is C28H29N5O4. The van der Waals surface area contributed by atoms with Gasteiger partial charge in [0.1, 0.15) is 23.0 Å². The molecule has 9 heteroatoms. The molecule has 1 aliphatic heterocycles. The predicted molar refractivity (Wildman–Crippen MR) is 140 cm³/mol. The fourth-order valence-electron chi connectivity index (χ4n) is 4.55. The van der Waals surface area contributed by atoms with Gasteiger partial charge in [-0.25, -0.2) is 4.98 Å². The molecule has 9 nitrogen and oxygen atoms in total. The molecule has 1 aromatic carbocycles. The summed E-state index contributed by atoms with van der Waals surface area (Å²) in [7, 11) is 1.60. The van der Waals surface area contributed by atoms with E-state index in [1.165, 1.54) is 32.0 Å². The SMILES string of the molecule is C=CC(=O)N1CCC(n2nc(C#Cc3cc(OC)cc(OCC4CC4)c3)c3c(N)ncc(C(C)=O)c32)C1. The maximum Gasteiger partial charge on any atom is 0.246 e. The number of carbonyl (C=O) groups is 2. The Morgan fingerprint density at radius 1 is 1.22 bits per heavy atom. The van der Waals surface area contributed by atoms with Gasteiger partial charge in [0.15, 0.2) is 5.78 Å². The second-order valence-corrected chi connectivity index (χ2v) is 9.46. The molecule has 1 saturated carbocycles. The Morgan fingerprint density at radius 3 is 2.70 bits per heavy atom. The molecule has 0 spiro atoms. The first kappa shape index (κ1) is 24.4. The van der Waals surface area contributed by atoms with Crippen molar-refractivity contribution in [2.24, 2.45) is 5.92 Å². The number of nitrogens with zero attached hydrogens (tertiary/aromatic N) is 4. The van der Waals surface area contributed by atoms with Gasteiger partial charge < -0.3 is 20.1 Å². The van der Waals surface area contributed by atoms with E-state index in [1.807, 2.05) is 18.2 Å². The number of methoxy groups -OCH3 is 1. The van der Waals surface area contributed by atoms with Crippen molar-refractivity contribution in [3.05, 3.63) is 53.9 Å². The van der Waals surface area contributed by atoms with Crippen molar-refractivity contribution in [2.75, 3.05) is 32.5 Å². The zero-order valence-electron chi connectivity index (χ0n) is 21.0. The molecule has 2 aromatic heterocycles. The number of rotatable bonds is 7. The summed E-state index contributed by atoms with van der Waals surface area (Å²) in [5.41, 5.74) is 8.40. The van der Waals surface area contributed by atoms with Gasteiger partial charge in [0.05, 0.1) is 36.2 Å². The molecule has 1 unspecified atom stereocenters. The van der Waals surface area contributed by atoms with Gasteiger partial charge in [-0.05, 0) is 56.2 Å². The number of ketones is 1. The Kier molecular flexibility index (Phi) is 6.57. The van der Waals surface area contributed by atoms with Crippen molar-refractivity contribution in [1.29, 1.82) is 0 Å². The number of ether oxygens (including phenoxy) is 2. The molecule has 5 rings (SSSR count). The number of pyridine rings is 1. The summed E-state index contributed by atoms with van der Waals surface area (Å²) in [5, 5.41) is 5.32. The number of Topliss-reactive ketones (excluding diaryl/α,β-unsaturated/α-hetero) is 1. The number of likely N-dealkylation sites (tertiary alicyclic amines) is 1. The second kappa shape index (κ2) is 9.97. The summed E-state index contributed by atoms with van der Waals surface area (Å²) < 4.78 is 13.1. The van der Waals surface area contributed by atoms with Crippen molar-refractivity contribution in [2.45, 2.75) is 32.2 Å². The first-order valence-corrected chi connectivity index (χ1v) is 12.3. The van der Waals surface area contributed by atoms with E-state index in [9.17, 15) is 9.59 Å². The number of anilines is 1. The molecule has 1 saturated heterocycles. The number of nitrogen functional groups attached to an aromatic ring is 1. The van der Waals surface area contributed by atoms with Gasteiger partial charge in [0.2, 0.25) is 5.91 Å². The van der Waals surface area contributed by atoms with Crippen molar-refractivity contribution in [1.82, 2.24) is 19.7 Å². The van der Waals surface area contributed by atoms with Crippen LogP contribution in [0.25, 0.3) is 10.9 Å². The molecular weight excluding hydrogens is 470 g/mol. The Labute approximate surface area is 215 Å². The minimum absolute atomic E-state index is 0.135.